The predicted molar refractivity (Wildman–Crippen MR) is 142 cm³/mol. The molecule has 2 aliphatic carbocycles. The fourth-order valence-electron chi connectivity index (χ4n) is 4.81. The van der Waals surface area contributed by atoms with Gasteiger partial charge in [0.2, 0.25) is 5.91 Å². The molecule has 6 rings (SSSR count). The number of aliphatic imine (C=N–C) groups is 1. The van der Waals surface area contributed by atoms with Crippen molar-refractivity contribution in [2.24, 2.45) is 10.9 Å². The number of carbonyl (C=O) groups is 1. The van der Waals surface area contributed by atoms with Crippen LogP contribution in [0, 0.1) is 5.92 Å². The topological polar surface area (TPSA) is 109 Å². The van der Waals surface area contributed by atoms with E-state index < -0.39 is 9.84 Å². The fourth-order valence-corrected chi connectivity index (χ4v) is 6.09. The van der Waals surface area contributed by atoms with E-state index in [0.717, 1.165) is 53.9 Å². The molecule has 1 N–H and O–H groups in total. The zero-order valence-electron chi connectivity index (χ0n) is 20.6. The van der Waals surface area contributed by atoms with Gasteiger partial charge in [-0.25, -0.2) is 17.9 Å². The zero-order chi connectivity index (χ0) is 25.4. The SMILES string of the molecule is O=C(NC1CC1)C1C=CC(=Nc2nc3c(-c4ccc(CN5CCS(=O)(=O)CC5)cc4)cccn3n2)CC1. The first-order valence-electron chi connectivity index (χ1n) is 12.9. The van der Waals surface area contributed by atoms with Gasteiger partial charge in [0.15, 0.2) is 15.5 Å². The minimum atomic E-state index is -2.87. The molecular formula is C27H30N6O3S. The van der Waals surface area contributed by atoms with Crippen molar-refractivity contribution in [2.75, 3.05) is 24.6 Å². The minimum Gasteiger partial charge on any atom is -0.353 e. The third-order valence-corrected chi connectivity index (χ3v) is 8.80. The van der Waals surface area contributed by atoms with Gasteiger partial charge in [0, 0.05) is 43.1 Å². The van der Waals surface area contributed by atoms with Gasteiger partial charge in [-0.1, -0.05) is 30.3 Å². The second kappa shape index (κ2) is 9.83. The van der Waals surface area contributed by atoms with Crippen LogP contribution in [0.15, 0.2) is 59.7 Å². The summed E-state index contributed by atoms with van der Waals surface area (Å²) in [6.07, 6.45) is 9.36. The Bertz CT molecular complexity index is 1470. The highest BCUT2D eigenvalue weighted by molar-refractivity contribution is 7.91. The van der Waals surface area contributed by atoms with Crippen molar-refractivity contribution in [3.63, 3.8) is 0 Å². The Kier molecular flexibility index (Phi) is 6.37. The summed E-state index contributed by atoms with van der Waals surface area (Å²) in [5.74, 6) is 0.899. The van der Waals surface area contributed by atoms with Gasteiger partial charge < -0.3 is 5.32 Å². The van der Waals surface area contributed by atoms with E-state index in [1.54, 1.807) is 4.52 Å². The summed E-state index contributed by atoms with van der Waals surface area (Å²) in [6, 6.07) is 12.7. The van der Waals surface area contributed by atoms with E-state index in [9.17, 15) is 13.2 Å². The van der Waals surface area contributed by atoms with E-state index in [2.05, 4.69) is 44.6 Å². The third-order valence-electron chi connectivity index (χ3n) is 7.20. The molecule has 2 fully saturated rings. The lowest BCUT2D eigenvalue weighted by Crippen LogP contribution is -2.39. The van der Waals surface area contributed by atoms with Crippen molar-refractivity contribution in [1.29, 1.82) is 0 Å². The first-order valence-corrected chi connectivity index (χ1v) is 14.7. The number of nitrogens with zero attached hydrogens (tertiary/aromatic N) is 5. The molecule has 1 atom stereocenters. The van der Waals surface area contributed by atoms with Crippen LogP contribution in [-0.4, -0.2) is 70.2 Å². The van der Waals surface area contributed by atoms with E-state index in [4.69, 9.17) is 4.98 Å². The highest BCUT2D eigenvalue weighted by Crippen LogP contribution is 2.27. The van der Waals surface area contributed by atoms with Crippen LogP contribution in [0.3, 0.4) is 0 Å². The summed E-state index contributed by atoms with van der Waals surface area (Å²) in [5.41, 5.74) is 4.76. The summed E-state index contributed by atoms with van der Waals surface area (Å²) >= 11 is 0. The van der Waals surface area contributed by atoms with Gasteiger partial charge in [-0.3, -0.25) is 9.69 Å². The van der Waals surface area contributed by atoms with Crippen LogP contribution in [0.2, 0.25) is 0 Å². The van der Waals surface area contributed by atoms with Crippen LogP contribution in [0.5, 0.6) is 0 Å². The monoisotopic (exact) mass is 518 g/mol. The number of hydrogen-bond donors (Lipinski definition) is 1. The number of nitrogens with one attached hydrogen (secondary N) is 1. The maximum absolute atomic E-state index is 12.3. The molecular weight excluding hydrogens is 488 g/mol. The summed E-state index contributed by atoms with van der Waals surface area (Å²) in [6.45, 7) is 1.90. The van der Waals surface area contributed by atoms with Crippen molar-refractivity contribution in [2.45, 2.75) is 38.3 Å². The standard InChI is InChI=1S/C27H30N6O3S/c34-26(28-22-11-12-22)21-7-9-23(10-8-21)29-27-30-25-24(2-1-13-33(25)31-27)20-5-3-19(4-6-20)18-32-14-16-37(35,36)17-15-32/h1-7,9,13,21-22H,8,10-12,14-18H2,(H,28,34). The molecule has 1 aromatic carbocycles. The van der Waals surface area contributed by atoms with E-state index in [-0.39, 0.29) is 23.3 Å². The molecule has 3 aliphatic rings. The molecule has 2 aromatic heterocycles. The number of fused-ring (bicyclic) bond motifs is 1. The first-order chi connectivity index (χ1) is 17.9. The Hall–Kier alpha value is -3.37. The number of allylic oxidation sites excluding steroid dienone is 1. The lowest BCUT2D eigenvalue weighted by Gasteiger charge is -2.26. The van der Waals surface area contributed by atoms with E-state index >= 15 is 0 Å². The number of benzene rings is 1. The minimum absolute atomic E-state index is 0.0916. The smallest absolute Gasteiger partial charge is 0.269 e. The summed E-state index contributed by atoms with van der Waals surface area (Å²) in [7, 11) is -2.87. The van der Waals surface area contributed by atoms with Crippen molar-refractivity contribution in [3.05, 3.63) is 60.3 Å². The Morgan fingerprint density at radius 1 is 1.08 bits per heavy atom. The molecule has 3 aromatic rings. The highest BCUT2D eigenvalue weighted by atomic mass is 32.2. The number of pyridine rings is 1. The van der Waals surface area contributed by atoms with Gasteiger partial charge in [-0.2, -0.15) is 4.98 Å². The highest BCUT2D eigenvalue weighted by Gasteiger charge is 2.27. The Balaban J connectivity index is 1.16. The van der Waals surface area contributed by atoms with Crippen LogP contribution in [0.4, 0.5) is 5.95 Å². The van der Waals surface area contributed by atoms with Gasteiger partial charge in [0.25, 0.3) is 5.95 Å². The number of amides is 1. The maximum atomic E-state index is 12.3. The van der Waals surface area contributed by atoms with Gasteiger partial charge >= 0.3 is 0 Å². The number of sulfone groups is 1. The van der Waals surface area contributed by atoms with Crippen molar-refractivity contribution < 1.29 is 13.2 Å². The molecule has 1 aliphatic heterocycles. The summed E-state index contributed by atoms with van der Waals surface area (Å²) in [5, 5.41) is 7.62. The van der Waals surface area contributed by atoms with Crippen LogP contribution < -0.4 is 5.32 Å². The molecule has 1 saturated heterocycles. The number of rotatable bonds is 6. The van der Waals surface area contributed by atoms with Crippen LogP contribution in [-0.2, 0) is 21.2 Å². The molecule has 3 heterocycles. The second-order valence-electron chi connectivity index (χ2n) is 10.1. The van der Waals surface area contributed by atoms with Gasteiger partial charge in [0.05, 0.1) is 17.4 Å². The van der Waals surface area contributed by atoms with Crippen LogP contribution in [0.25, 0.3) is 16.8 Å². The number of aromatic nitrogens is 3. The lowest BCUT2D eigenvalue weighted by atomic mass is 9.94. The molecule has 1 unspecified atom stereocenters. The Morgan fingerprint density at radius 3 is 2.57 bits per heavy atom. The maximum Gasteiger partial charge on any atom is 0.269 e. The van der Waals surface area contributed by atoms with Gasteiger partial charge in [-0.05, 0) is 55.0 Å². The third kappa shape index (κ3) is 5.65. The lowest BCUT2D eigenvalue weighted by molar-refractivity contribution is -0.123. The Morgan fingerprint density at radius 2 is 1.86 bits per heavy atom. The van der Waals surface area contributed by atoms with Crippen LogP contribution in [0.1, 0.15) is 31.2 Å². The first kappa shape index (κ1) is 24.0. The molecule has 10 heteroatoms. The van der Waals surface area contributed by atoms with Crippen LogP contribution >= 0.6 is 0 Å². The van der Waals surface area contributed by atoms with Crippen molar-refractivity contribution in [3.8, 4) is 11.1 Å². The number of hydrogen-bond acceptors (Lipinski definition) is 7. The molecule has 37 heavy (non-hydrogen) atoms. The normalized spacial score (nSPS) is 22.9. The average Bonchev–Trinajstić information content (AvgIpc) is 3.61. The number of carbonyl (C=O) groups excluding carboxylic acids is 1. The molecule has 0 spiro atoms. The van der Waals surface area contributed by atoms with Gasteiger partial charge in [-0.15, -0.1) is 5.10 Å². The Labute approximate surface area is 216 Å². The molecule has 1 saturated carbocycles. The fraction of sp³-hybridized carbons (Fsp3) is 0.407. The zero-order valence-corrected chi connectivity index (χ0v) is 21.4. The van der Waals surface area contributed by atoms with E-state index in [0.29, 0.717) is 31.5 Å². The largest absolute Gasteiger partial charge is 0.353 e. The van der Waals surface area contributed by atoms with Crippen molar-refractivity contribution >= 4 is 33.1 Å². The molecule has 192 valence electrons. The molecule has 1 amide bonds. The predicted octanol–water partition coefficient (Wildman–Crippen LogP) is 2.94. The summed E-state index contributed by atoms with van der Waals surface area (Å²) < 4.78 is 25.1. The van der Waals surface area contributed by atoms with E-state index in [1.165, 1.54) is 0 Å². The van der Waals surface area contributed by atoms with Gasteiger partial charge in [0.1, 0.15) is 0 Å². The van der Waals surface area contributed by atoms with E-state index in [1.807, 2.05) is 30.5 Å². The van der Waals surface area contributed by atoms with Crippen molar-refractivity contribution in [1.82, 2.24) is 24.8 Å². The average molecular weight is 519 g/mol. The summed E-state index contributed by atoms with van der Waals surface area (Å²) in [4.78, 5) is 23.8. The molecule has 0 radical (unpaired) electrons. The second-order valence-corrected chi connectivity index (χ2v) is 12.4. The quantitative estimate of drug-likeness (QED) is 0.538. The molecule has 9 nitrogen and oxygen atoms in total. The molecule has 0 bridgehead atoms.